The third kappa shape index (κ3) is 20.0. The molecule has 0 spiro atoms. The molecule has 1 aromatic heterocycles. The minimum atomic E-state index is 0.145. The van der Waals surface area contributed by atoms with Gasteiger partial charge in [0.15, 0.2) is 0 Å². The molecule has 1 heterocycles. The molecule has 0 amide bonds. The van der Waals surface area contributed by atoms with Gasteiger partial charge in [-0.25, -0.2) is 15.0 Å². The largest absolute Gasteiger partial charge is 0.311 e. The average molecular weight is 795 g/mol. The number of hydrogen-bond donors (Lipinski definition) is 0. The number of anilines is 3. The fourth-order valence-electron chi connectivity index (χ4n) is 5.96. The molecule has 0 saturated carbocycles. The first-order valence-corrected chi connectivity index (χ1v) is 22.3. The van der Waals surface area contributed by atoms with Crippen LogP contribution in [0.1, 0.15) is 200 Å². The third-order valence-corrected chi connectivity index (χ3v) is 8.81. The maximum atomic E-state index is 4.71. The lowest BCUT2D eigenvalue weighted by molar-refractivity contribution is 0.373. The van der Waals surface area contributed by atoms with E-state index in [1.165, 1.54) is 33.8 Å². The van der Waals surface area contributed by atoms with E-state index in [9.17, 15) is 0 Å². The van der Waals surface area contributed by atoms with Gasteiger partial charge in [-0.2, -0.15) is 0 Å². The van der Waals surface area contributed by atoms with Gasteiger partial charge < -0.3 is 4.90 Å². The van der Waals surface area contributed by atoms with Gasteiger partial charge in [-0.05, 0) is 85.6 Å². The van der Waals surface area contributed by atoms with Crippen molar-refractivity contribution < 1.29 is 0 Å². The highest BCUT2D eigenvalue weighted by Gasteiger charge is 2.22. The molecule has 0 aliphatic carbocycles. The second kappa shape index (κ2) is 22.7. The molecule has 0 aliphatic rings. The SMILES string of the molecule is CC.CC.CC.CC(C)(C)Cc1nc(CC(C)(C)C)nc(CC(C)(C)C)n1.CC(C)(C)c1ccc(N(c2ccc(C(C)(C)C)cc2)c2ccc(C(C)(C)C)cc2)cc1. The Bertz CT molecular complexity index is 1490. The molecule has 4 nitrogen and oxygen atoms in total. The molecular formula is C54H90N4. The van der Waals surface area contributed by atoms with Crippen LogP contribution in [0.4, 0.5) is 17.1 Å². The molecular weight excluding hydrogens is 705 g/mol. The van der Waals surface area contributed by atoms with Crippen molar-refractivity contribution in [2.24, 2.45) is 16.2 Å². The Hall–Kier alpha value is -3.53. The highest BCUT2D eigenvalue weighted by molar-refractivity contribution is 5.77. The number of rotatable bonds is 6. The van der Waals surface area contributed by atoms with Crippen molar-refractivity contribution in [2.45, 2.75) is 202 Å². The lowest BCUT2D eigenvalue weighted by Crippen LogP contribution is -2.20. The van der Waals surface area contributed by atoms with Crippen LogP contribution < -0.4 is 4.90 Å². The van der Waals surface area contributed by atoms with E-state index >= 15 is 0 Å². The molecule has 3 aromatic carbocycles. The van der Waals surface area contributed by atoms with Gasteiger partial charge in [0.1, 0.15) is 17.5 Å². The maximum absolute atomic E-state index is 4.71. The van der Waals surface area contributed by atoms with Crippen LogP contribution in [0.25, 0.3) is 0 Å². The van der Waals surface area contributed by atoms with Gasteiger partial charge in [0.25, 0.3) is 0 Å². The Morgan fingerprint density at radius 2 is 0.483 bits per heavy atom. The van der Waals surface area contributed by atoms with Crippen molar-refractivity contribution >= 4 is 17.1 Å². The summed E-state index contributed by atoms with van der Waals surface area (Å²) in [5.74, 6) is 2.82. The van der Waals surface area contributed by atoms with Crippen LogP contribution in [0.5, 0.6) is 0 Å². The van der Waals surface area contributed by atoms with Crippen LogP contribution >= 0.6 is 0 Å². The summed E-state index contributed by atoms with van der Waals surface area (Å²) in [7, 11) is 0. The quantitative estimate of drug-likeness (QED) is 0.195. The number of hydrogen-bond acceptors (Lipinski definition) is 4. The van der Waals surface area contributed by atoms with Crippen LogP contribution in [-0.4, -0.2) is 15.0 Å². The van der Waals surface area contributed by atoms with E-state index in [1.807, 2.05) is 41.5 Å². The Morgan fingerprint density at radius 3 is 0.621 bits per heavy atom. The zero-order chi connectivity index (χ0) is 45.5. The lowest BCUT2D eigenvalue weighted by atomic mass is 9.86. The zero-order valence-electron chi connectivity index (χ0n) is 42.3. The maximum Gasteiger partial charge on any atom is 0.133 e. The van der Waals surface area contributed by atoms with Crippen LogP contribution in [0.3, 0.4) is 0 Å². The molecule has 4 heteroatoms. The van der Waals surface area contributed by atoms with Crippen LogP contribution in [0, 0.1) is 16.2 Å². The van der Waals surface area contributed by atoms with Gasteiger partial charge in [0.2, 0.25) is 0 Å². The summed E-state index contributed by atoms with van der Waals surface area (Å²) in [4.78, 5) is 16.5. The summed E-state index contributed by atoms with van der Waals surface area (Å²) in [5.41, 5.74) is 8.61. The summed E-state index contributed by atoms with van der Waals surface area (Å²) in [6.07, 6.45) is 2.68. The van der Waals surface area contributed by atoms with Gasteiger partial charge >= 0.3 is 0 Å². The smallest absolute Gasteiger partial charge is 0.133 e. The third-order valence-electron chi connectivity index (χ3n) is 8.81. The zero-order valence-corrected chi connectivity index (χ0v) is 42.3. The van der Waals surface area contributed by atoms with Crippen LogP contribution in [0.15, 0.2) is 72.8 Å². The van der Waals surface area contributed by atoms with Gasteiger partial charge in [0, 0.05) is 36.3 Å². The molecule has 0 radical (unpaired) electrons. The Morgan fingerprint density at radius 1 is 0.310 bits per heavy atom. The van der Waals surface area contributed by atoms with E-state index < -0.39 is 0 Å². The standard InChI is InChI=1S/C30H39N.C18H33N3.3C2H6/c1-28(2,3)22-10-16-25(17-11-22)31(26-18-12-23(13-19-26)29(4,5)6)27-20-14-24(15-21-27)30(7,8)9;1-16(2,3)10-13-19-14(11-17(4,5)6)21-15(20-13)12-18(7,8)9;3*1-2/h10-21H,1-9H3;10-12H2,1-9H3;3*1-2H3. The molecule has 4 aromatic rings. The molecule has 0 unspecified atom stereocenters. The van der Waals surface area contributed by atoms with Gasteiger partial charge in [-0.3, -0.25) is 0 Å². The summed E-state index contributed by atoms with van der Waals surface area (Å²) < 4.78 is 0. The molecule has 0 fully saturated rings. The number of benzene rings is 3. The minimum absolute atomic E-state index is 0.145. The lowest BCUT2D eigenvalue weighted by Gasteiger charge is -2.29. The van der Waals surface area contributed by atoms with Crippen molar-refractivity contribution in [2.75, 3.05) is 4.90 Å². The van der Waals surface area contributed by atoms with E-state index in [0.29, 0.717) is 0 Å². The Balaban J connectivity index is 0.00000105. The molecule has 58 heavy (non-hydrogen) atoms. The average Bonchev–Trinajstić information content (AvgIpc) is 3.08. The topological polar surface area (TPSA) is 41.9 Å². The monoisotopic (exact) mass is 795 g/mol. The normalized spacial score (nSPS) is 12.0. The summed E-state index contributed by atoms with van der Waals surface area (Å²) in [6, 6.07) is 27.0. The molecule has 0 atom stereocenters. The van der Waals surface area contributed by atoms with Crippen molar-refractivity contribution in [1.82, 2.24) is 15.0 Å². The number of nitrogens with zero attached hydrogens (tertiary/aromatic N) is 4. The van der Waals surface area contributed by atoms with Crippen molar-refractivity contribution in [1.29, 1.82) is 0 Å². The molecule has 326 valence electrons. The predicted octanol–water partition coefficient (Wildman–Crippen LogP) is 16.8. The van der Waals surface area contributed by atoms with E-state index in [0.717, 1.165) is 36.7 Å². The Labute approximate surface area is 360 Å². The van der Waals surface area contributed by atoms with Crippen LogP contribution in [-0.2, 0) is 35.5 Å². The van der Waals surface area contributed by atoms with Gasteiger partial charge in [-0.15, -0.1) is 0 Å². The van der Waals surface area contributed by atoms with E-state index in [-0.39, 0.29) is 32.5 Å². The summed E-state index contributed by atoms with van der Waals surface area (Å²) in [5, 5.41) is 0. The van der Waals surface area contributed by atoms with Crippen molar-refractivity contribution in [3.8, 4) is 0 Å². The first-order valence-electron chi connectivity index (χ1n) is 22.3. The second-order valence-electron chi connectivity index (χ2n) is 21.5. The summed E-state index contributed by atoms with van der Waals surface area (Å²) in [6.45, 7) is 52.4. The molecule has 0 saturated heterocycles. The molecule has 0 N–H and O–H groups in total. The fraction of sp³-hybridized carbons (Fsp3) is 0.611. The predicted molar refractivity (Wildman–Crippen MR) is 261 cm³/mol. The molecule has 0 bridgehead atoms. The van der Waals surface area contributed by atoms with E-state index in [1.54, 1.807) is 0 Å². The van der Waals surface area contributed by atoms with Crippen molar-refractivity contribution in [3.63, 3.8) is 0 Å². The fourth-order valence-corrected chi connectivity index (χ4v) is 5.96. The molecule has 4 rings (SSSR count). The number of aromatic nitrogens is 3. The minimum Gasteiger partial charge on any atom is -0.311 e. The molecule has 0 aliphatic heterocycles. The van der Waals surface area contributed by atoms with Gasteiger partial charge in [-0.1, -0.05) is 203 Å². The first kappa shape index (κ1) is 54.5. The van der Waals surface area contributed by atoms with Crippen LogP contribution in [0.2, 0.25) is 0 Å². The second-order valence-corrected chi connectivity index (χ2v) is 21.5. The first-order chi connectivity index (χ1) is 26.5. The summed E-state index contributed by atoms with van der Waals surface area (Å²) >= 11 is 0. The highest BCUT2D eigenvalue weighted by Crippen LogP contribution is 2.38. The van der Waals surface area contributed by atoms with Crippen molar-refractivity contribution in [3.05, 3.63) is 107 Å². The highest BCUT2D eigenvalue weighted by atomic mass is 15.1. The van der Waals surface area contributed by atoms with E-state index in [2.05, 4.69) is 202 Å². The Kier molecular flexibility index (Phi) is 21.3. The van der Waals surface area contributed by atoms with E-state index in [4.69, 9.17) is 15.0 Å². The van der Waals surface area contributed by atoms with Gasteiger partial charge in [0.05, 0.1) is 0 Å².